The minimum absolute atomic E-state index is 0.0103. The van der Waals surface area contributed by atoms with E-state index in [-0.39, 0.29) is 5.91 Å². The lowest BCUT2D eigenvalue weighted by Crippen LogP contribution is -2.33. The summed E-state index contributed by atoms with van der Waals surface area (Å²) < 4.78 is 5.55. The van der Waals surface area contributed by atoms with Crippen LogP contribution in [0.25, 0.3) is 11.5 Å². The molecular weight excluding hydrogens is 324 g/mol. The Bertz CT molecular complexity index is 625. The standard InChI is InChI=1S/C22H32N2O2/c1-3-5-7-12-16-24(17-13-8-6-4-2)22(25)20-18-26-21(23-20)19-14-10-9-11-15-19/h9-11,14-15,18H,3-8,12-13,16-17H2,1-2H3. The van der Waals surface area contributed by atoms with Crippen LogP contribution in [0.15, 0.2) is 41.0 Å². The molecule has 1 aromatic heterocycles. The molecule has 0 aliphatic rings. The lowest BCUT2D eigenvalue weighted by molar-refractivity contribution is 0.0743. The molecule has 0 fully saturated rings. The van der Waals surface area contributed by atoms with Gasteiger partial charge in [-0.15, -0.1) is 0 Å². The lowest BCUT2D eigenvalue weighted by Gasteiger charge is -2.21. The second-order valence-corrected chi connectivity index (χ2v) is 6.82. The van der Waals surface area contributed by atoms with E-state index in [4.69, 9.17) is 4.42 Å². The van der Waals surface area contributed by atoms with Crippen molar-refractivity contribution in [1.29, 1.82) is 0 Å². The molecule has 2 rings (SSSR count). The van der Waals surface area contributed by atoms with E-state index >= 15 is 0 Å². The predicted molar refractivity (Wildman–Crippen MR) is 106 cm³/mol. The van der Waals surface area contributed by atoms with Crippen LogP contribution < -0.4 is 0 Å². The van der Waals surface area contributed by atoms with E-state index in [1.165, 1.54) is 44.8 Å². The first-order valence-electron chi connectivity index (χ1n) is 10.1. The molecule has 142 valence electrons. The number of nitrogens with zero attached hydrogens (tertiary/aromatic N) is 2. The van der Waals surface area contributed by atoms with E-state index in [1.807, 2.05) is 35.2 Å². The number of hydrogen-bond donors (Lipinski definition) is 0. The molecule has 4 nitrogen and oxygen atoms in total. The monoisotopic (exact) mass is 356 g/mol. The SMILES string of the molecule is CCCCCCN(CCCCCC)C(=O)c1coc(-c2ccccc2)n1. The highest BCUT2D eigenvalue weighted by Crippen LogP contribution is 2.19. The quantitative estimate of drug-likeness (QED) is 0.442. The van der Waals surface area contributed by atoms with Gasteiger partial charge in [-0.05, 0) is 25.0 Å². The van der Waals surface area contributed by atoms with Crippen molar-refractivity contribution in [1.82, 2.24) is 9.88 Å². The first kappa shape index (κ1) is 20.2. The summed E-state index contributed by atoms with van der Waals surface area (Å²) >= 11 is 0. The molecule has 1 amide bonds. The van der Waals surface area contributed by atoms with E-state index in [1.54, 1.807) is 0 Å². The van der Waals surface area contributed by atoms with Gasteiger partial charge in [-0.25, -0.2) is 4.98 Å². The van der Waals surface area contributed by atoms with Crippen LogP contribution >= 0.6 is 0 Å². The van der Waals surface area contributed by atoms with Gasteiger partial charge < -0.3 is 9.32 Å². The Labute approximate surface area is 157 Å². The zero-order chi connectivity index (χ0) is 18.6. The molecule has 0 spiro atoms. The highest BCUT2D eigenvalue weighted by Gasteiger charge is 2.19. The van der Waals surface area contributed by atoms with Crippen molar-refractivity contribution in [2.24, 2.45) is 0 Å². The molecule has 4 heteroatoms. The summed E-state index contributed by atoms with van der Waals surface area (Å²) in [5.41, 5.74) is 1.30. The summed E-state index contributed by atoms with van der Waals surface area (Å²) in [6, 6.07) is 9.71. The Hall–Kier alpha value is -2.10. The number of carbonyl (C=O) groups is 1. The topological polar surface area (TPSA) is 46.3 Å². The number of oxazole rings is 1. The van der Waals surface area contributed by atoms with Crippen LogP contribution in [-0.4, -0.2) is 28.9 Å². The van der Waals surface area contributed by atoms with Crippen molar-refractivity contribution in [2.45, 2.75) is 65.2 Å². The Balaban J connectivity index is 2.00. The maximum absolute atomic E-state index is 12.9. The predicted octanol–water partition coefficient (Wildman–Crippen LogP) is 5.94. The van der Waals surface area contributed by atoms with Crippen molar-refractivity contribution in [3.63, 3.8) is 0 Å². The zero-order valence-corrected chi connectivity index (χ0v) is 16.2. The Morgan fingerprint density at radius 2 is 1.54 bits per heavy atom. The third kappa shape index (κ3) is 6.32. The molecule has 0 aliphatic heterocycles. The maximum atomic E-state index is 12.9. The van der Waals surface area contributed by atoms with Gasteiger partial charge in [0.2, 0.25) is 5.89 Å². The molecule has 0 saturated carbocycles. The maximum Gasteiger partial charge on any atom is 0.275 e. The van der Waals surface area contributed by atoms with Crippen LogP contribution in [0.1, 0.15) is 75.7 Å². The van der Waals surface area contributed by atoms with Crippen LogP contribution in [0.5, 0.6) is 0 Å². The van der Waals surface area contributed by atoms with Gasteiger partial charge in [0, 0.05) is 18.7 Å². The summed E-state index contributed by atoms with van der Waals surface area (Å²) in [4.78, 5) is 19.3. The summed E-state index contributed by atoms with van der Waals surface area (Å²) in [6.07, 6.45) is 10.8. The Kier molecular flexibility index (Phi) is 8.94. The molecule has 0 saturated heterocycles. The van der Waals surface area contributed by atoms with Crippen molar-refractivity contribution in [2.75, 3.05) is 13.1 Å². The largest absolute Gasteiger partial charge is 0.444 e. The van der Waals surface area contributed by atoms with Crippen LogP contribution in [0.3, 0.4) is 0 Å². The molecule has 0 radical (unpaired) electrons. The van der Waals surface area contributed by atoms with Gasteiger partial charge in [-0.1, -0.05) is 70.6 Å². The fourth-order valence-electron chi connectivity index (χ4n) is 3.02. The van der Waals surface area contributed by atoms with Crippen LogP contribution in [0.2, 0.25) is 0 Å². The number of benzene rings is 1. The number of hydrogen-bond acceptors (Lipinski definition) is 3. The van der Waals surface area contributed by atoms with Crippen molar-refractivity contribution >= 4 is 5.91 Å². The minimum Gasteiger partial charge on any atom is -0.444 e. The average molecular weight is 357 g/mol. The molecule has 0 N–H and O–H groups in total. The summed E-state index contributed by atoms with van der Waals surface area (Å²) in [6.45, 7) is 6.01. The molecule has 0 bridgehead atoms. The molecule has 26 heavy (non-hydrogen) atoms. The Morgan fingerprint density at radius 3 is 2.12 bits per heavy atom. The van der Waals surface area contributed by atoms with E-state index < -0.39 is 0 Å². The second-order valence-electron chi connectivity index (χ2n) is 6.82. The zero-order valence-electron chi connectivity index (χ0n) is 16.2. The Morgan fingerprint density at radius 1 is 0.923 bits per heavy atom. The number of unbranched alkanes of at least 4 members (excludes halogenated alkanes) is 6. The second kappa shape index (κ2) is 11.5. The molecule has 0 aliphatic carbocycles. The van der Waals surface area contributed by atoms with Gasteiger partial charge in [0.15, 0.2) is 5.69 Å². The fourth-order valence-corrected chi connectivity index (χ4v) is 3.02. The number of amides is 1. The van der Waals surface area contributed by atoms with Crippen molar-refractivity contribution in [3.05, 3.63) is 42.3 Å². The van der Waals surface area contributed by atoms with Crippen LogP contribution in [-0.2, 0) is 0 Å². The third-order valence-corrected chi connectivity index (χ3v) is 4.59. The molecule has 1 heterocycles. The molecule has 2 aromatic rings. The lowest BCUT2D eigenvalue weighted by atomic mass is 10.1. The summed E-state index contributed by atoms with van der Waals surface area (Å²) in [5, 5.41) is 0. The summed E-state index contributed by atoms with van der Waals surface area (Å²) in [7, 11) is 0. The first-order chi connectivity index (χ1) is 12.8. The highest BCUT2D eigenvalue weighted by atomic mass is 16.3. The van der Waals surface area contributed by atoms with Gasteiger partial charge >= 0.3 is 0 Å². The van der Waals surface area contributed by atoms with Gasteiger partial charge in [-0.2, -0.15) is 0 Å². The fraction of sp³-hybridized carbons (Fsp3) is 0.545. The average Bonchev–Trinajstić information content (AvgIpc) is 3.17. The minimum atomic E-state index is -0.0103. The smallest absolute Gasteiger partial charge is 0.275 e. The van der Waals surface area contributed by atoms with E-state index in [9.17, 15) is 4.79 Å². The van der Waals surface area contributed by atoms with E-state index in [0.717, 1.165) is 31.5 Å². The first-order valence-corrected chi connectivity index (χ1v) is 10.1. The van der Waals surface area contributed by atoms with E-state index in [2.05, 4.69) is 18.8 Å². The molecule has 0 unspecified atom stereocenters. The summed E-state index contributed by atoms with van der Waals surface area (Å²) in [5.74, 6) is 0.495. The van der Waals surface area contributed by atoms with E-state index in [0.29, 0.717) is 11.6 Å². The molecule has 0 atom stereocenters. The highest BCUT2D eigenvalue weighted by molar-refractivity contribution is 5.92. The molecular formula is C22H32N2O2. The normalized spacial score (nSPS) is 10.8. The number of carbonyl (C=O) groups excluding carboxylic acids is 1. The van der Waals surface area contributed by atoms with Gasteiger partial charge in [0.25, 0.3) is 5.91 Å². The third-order valence-electron chi connectivity index (χ3n) is 4.59. The van der Waals surface area contributed by atoms with Crippen LogP contribution in [0.4, 0.5) is 0 Å². The van der Waals surface area contributed by atoms with Crippen molar-refractivity contribution in [3.8, 4) is 11.5 Å². The van der Waals surface area contributed by atoms with Gasteiger partial charge in [0.1, 0.15) is 6.26 Å². The number of rotatable bonds is 12. The van der Waals surface area contributed by atoms with Gasteiger partial charge in [0.05, 0.1) is 0 Å². The molecule has 1 aromatic carbocycles. The van der Waals surface area contributed by atoms with Crippen molar-refractivity contribution < 1.29 is 9.21 Å². The number of aromatic nitrogens is 1. The van der Waals surface area contributed by atoms with Gasteiger partial charge in [-0.3, -0.25) is 4.79 Å². The van der Waals surface area contributed by atoms with Crippen LogP contribution in [0, 0.1) is 0 Å².